The normalized spacial score (nSPS) is 34.8. The van der Waals surface area contributed by atoms with Crippen molar-refractivity contribution in [3.05, 3.63) is 0 Å². The SMILES string of the molecule is NC1C(CC(=O)O)C1C(F)(F)F. The Hall–Kier alpha value is -0.780. The number of hydrogen-bond acceptors (Lipinski definition) is 2. The lowest BCUT2D eigenvalue weighted by molar-refractivity contribution is -0.153. The third kappa shape index (κ3) is 1.69. The first-order valence-electron chi connectivity index (χ1n) is 3.38. The molecule has 0 spiro atoms. The van der Waals surface area contributed by atoms with Crippen molar-refractivity contribution in [1.29, 1.82) is 0 Å². The van der Waals surface area contributed by atoms with Crippen molar-refractivity contribution < 1.29 is 23.1 Å². The van der Waals surface area contributed by atoms with Crippen LogP contribution in [-0.2, 0) is 4.79 Å². The predicted molar refractivity (Wildman–Crippen MR) is 33.3 cm³/mol. The summed E-state index contributed by atoms with van der Waals surface area (Å²) < 4.78 is 35.8. The molecule has 1 saturated carbocycles. The fourth-order valence-electron chi connectivity index (χ4n) is 1.33. The molecule has 0 heterocycles. The molecule has 0 aromatic rings. The van der Waals surface area contributed by atoms with Gasteiger partial charge in [0.05, 0.1) is 12.3 Å². The molecule has 1 aliphatic rings. The van der Waals surface area contributed by atoms with Crippen molar-refractivity contribution in [3.63, 3.8) is 0 Å². The van der Waals surface area contributed by atoms with Crippen LogP contribution < -0.4 is 5.73 Å². The largest absolute Gasteiger partial charge is 0.481 e. The number of carboxylic acid groups (broad SMARTS) is 1. The fourth-order valence-corrected chi connectivity index (χ4v) is 1.33. The van der Waals surface area contributed by atoms with Crippen LogP contribution in [0.25, 0.3) is 0 Å². The molecule has 3 nitrogen and oxygen atoms in total. The second kappa shape index (κ2) is 2.62. The van der Waals surface area contributed by atoms with E-state index in [0.29, 0.717) is 0 Å². The summed E-state index contributed by atoms with van der Waals surface area (Å²) in [6.45, 7) is 0. The molecular formula is C6H8F3NO2. The molecule has 1 aliphatic carbocycles. The lowest BCUT2D eigenvalue weighted by Gasteiger charge is -2.02. The minimum Gasteiger partial charge on any atom is -0.481 e. The third-order valence-corrected chi connectivity index (χ3v) is 2.02. The summed E-state index contributed by atoms with van der Waals surface area (Å²) in [6.07, 6.45) is -4.84. The van der Waals surface area contributed by atoms with E-state index in [0.717, 1.165) is 0 Å². The molecule has 0 aliphatic heterocycles. The van der Waals surface area contributed by atoms with Gasteiger partial charge in [-0.25, -0.2) is 0 Å². The Bertz CT molecular complexity index is 203. The van der Waals surface area contributed by atoms with E-state index in [-0.39, 0.29) is 0 Å². The van der Waals surface area contributed by atoms with Crippen LogP contribution in [0.2, 0.25) is 0 Å². The summed E-state index contributed by atoms with van der Waals surface area (Å²) in [4.78, 5) is 10.0. The topological polar surface area (TPSA) is 63.3 Å². The number of aliphatic carboxylic acids is 1. The van der Waals surface area contributed by atoms with Crippen molar-refractivity contribution in [1.82, 2.24) is 0 Å². The van der Waals surface area contributed by atoms with Gasteiger partial charge in [0.1, 0.15) is 0 Å². The lowest BCUT2D eigenvalue weighted by Crippen LogP contribution is -2.17. The van der Waals surface area contributed by atoms with Gasteiger partial charge in [-0.2, -0.15) is 13.2 Å². The van der Waals surface area contributed by atoms with Crippen LogP contribution in [0.15, 0.2) is 0 Å². The lowest BCUT2D eigenvalue weighted by atomic mass is 10.2. The highest BCUT2D eigenvalue weighted by molar-refractivity contribution is 5.67. The molecular weight excluding hydrogens is 175 g/mol. The van der Waals surface area contributed by atoms with Gasteiger partial charge in [-0.05, 0) is 5.92 Å². The fraction of sp³-hybridized carbons (Fsp3) is 0.833. The Morgan fingerprint density at radius 3 is 2.25 bits per heavy atom. The molecule has 12 heavy (non-hydrogen) atoms. The van der Waals surface area contributed by atoms with Crippen molar-refractivity contribution in [3.8, 4) is 0 Å². The molecule has 1 rings (SSSR count). The second-order valence-electron chi connectivity index (χ2n) is 2.91. The molecule has 1 fully saturated rings. The predicted octanol–water partition coefficient (Wildman–Crippen LogP) is 0.597. The zero-order valence-corrected chi connectivity index (χ0v) is 6.01. The van der Waals surface area contributed by atoms with Crippen molar-refractivity contribution in [2.24, 2.45) is 17.6 Å². The standard InChI is InChI=1S/C6H8F3NO2/c7-6(8,9)4-2(5(4)10)1-3(11)12/h2,4-5H,1,10H2,(H,11,12). The summed E-state index contributed by atoms with van der Waals surface area (Å²) in [5.74, 6) is -3.78. The number of hydrogen-bond donors (Lipinski definition) is 2. The molecule has 3 N–H and O–H groups in total. The van der Waals surface area contributed by atoms with Gasteiger partial charge in [-0.3, -0.25) is 4.79 Å². The Kier molecular flexibility index (Phi) is 2.03. The van der Waals surface area contributed by atoms with Gasteiger partial charge in [0, 0.05) is 6.04 Å². The monoisotopic (exact) mass is 183 g/mol. The maximum atomic E-state index is 11.9. The average Bonchev–Trinajstić information content (AvgIpc) is 2.37. The Morgan fingerprint density at radius 1 is 1.50 bits per heavy atom. The van der Waals surface area contributed by atoms with E-state index >= 15 is 0 Å². The molecule has 3 atom stereocenters. The Morgan fingerprint density at radius 2 is 2.00 bits per heavy atom. The first-order chi connectivity index (χ1) is 5.34. The van der Waals surface area contributed by atoms with E-state index in [9.17, 15) is 18.0 Å². The molecule has 0 radical (unpaired) electrons. The number of carbonyl (C=O) groups is 1. The quantitative estimate of drug-likeness (QED) is 0.658. The van der Waals surface area contributed by atoms with E-state index < -0.39 is 36.4 Å². The first-order valence-corrected chi connectivity index (χ1v) is 3.38. The smallest absolute Gasteiger partial charge is 0.393 e. The summed E-state index contributed by atoms with van der Waals surface area (Å²) in [5.41, 5.74) is 5.06. The molecule has 70 valence electrons. The highest BCUT2D eigenvalue weighted by Crippen LogP contribution is 2.50. The van der Waals surface area contributed by atoms with Gasteiger partial charge < -0.3 is 10.8 Å². The van der Waals surface area contributed by atoms with Crippen LogP contribution in [0, 0.1) is 11.8 Å². The summed E-state index contributed by atoms with van der Waals surface area (Å²) in [7, 11) is 0. The number of halogens is 3. The van der Waals surface area contributed by atoms with E-state index in [4.69, 9.17) is 10.8 Å². The van der Waals surface area contributed by atoms with Crippen LogP contribution in [0.1, 0.15) is 6.42 Å². The Labute approximate surface area is 66.4 Å². The van der Waals surface area contributed by atoms with Crippen molar-refractivity contribution >= 4 is 5.97 Å². The van der Waals surface area contributed by atoms with Crippen LogP contribution in [0.3, 0.4) is 0 Å². The number of rotatable bonds is 2. The molecule has 0 aromatic heterocycles. The number of carboxylic acids is 1. The van der Waals surface area contributed by atoms with Crippen LogP contribution >= 0.6 is 0 Å². The third-order valence-electron chi connectivity index (χ3n) is 2.02. The molecule has 6 heteroatoms. The zero-order chi connectivity index (χ0) is 9.52. The maximum Gasteiger partial charge on any atom is 0.393 e. The van der Waals surface area contributed by atoms with Gasteiger partial charge in [0.15, 0.2) is 0 Å². The van der Waals surface area contributed by atoms with Gasteiger partial charge in [-0.15, -0.1) is 0 Å². The van der Waals surface area contributed by atoms with Crippen molar-refractivity contribution in [2.45, 2.75) is 18.6 Å². The average molecular weight is 183 g/mol. The van der Waals surface area contributed by atoms with Crippen LogP contribution in [0.4, 0.5) is 13.2 Å². The van der Waals surface area contributed by atoms with Gasteiger partial charge in [0.25, 0.3) is 0 Å². The molecule has 0 aromatic carbocycles. The van der Waals surface area contributed by atoms with Gasteiger partial charge in [0.2, 0.25) is 0 Å². The Balaban J connectivity index is 2.48. The highest BCUT2D eigenvalue weighted by atomic mass is 19.4. The zero-order valence-electron chi connectivity index (χ0n) is 6.01. The molecule has 0 bridgehead atoms. The van der Waals surface area contributed by atoms with E-state index in [1.807, 2.05) is 0 Å². The first kappa shape index (κ1) is 9.31. The van der Waals surface area contributed by atoms with Crippen molar-refractivity contribution in [2.75, 3.05) is 0 Å². The summed E-state index contributed by atoms with van der Waals surface area (Å²) in [5, 5.41) is 8.20. The maximum absolute atomic E-state index is 11.9. The molecule has 0 amide bonds. The molecule has 3 unspecified atom stereocenters. The summed E-state index contributed by atoms with van der Waals surface area (Å²) >= 11 is 0. The van der Waals surface area contributed by atoms with Gasteiger partial charge >= 0.3 is 12.1 Å². The highest BCUT2D eigenvalue weighted by Gasteiger charge is 2.62. The minimum absolute atomic E-state index is 0.495. The van der Waals surface area contributed by atoms with E-state index in [1.54, 1.807) is 0 Å². The van der Waals surface area contributed by atoms with E-state index in [1.165, 1.54) is 0 Å². The van der Waals surface area contributed by atoms with Crippen LogP contribution in [-0.4, -0.2) is 23.3 Å². The number of alkyl halides is 3. The van der Waals surface area contributed by atoms with E-state index in [2.05, 4.69) is 0 Å². The molecule has 0 saturated heterocycles. The second-order valence-corrected chi connectivity index (χ2v) is 2.91. The minimum atomic E-state index is -4.35. The van der Waals surface area contributed by atoms with Gasteiger partial charge in [-0.1, -0.05) is 0 Å². The number of nitrogens with two attached hydrogens (primary N) is 1. The summed E-state index contributed by atoms with van der Waals surface area (Å²) in [6, 6.07) is -1.03. The van der Waals surface area contributed by atoms with Crippen LogP contribution in [0.5, 0.6) is 0 Å².